The molecule has 0 aromatic heterocycles. The third-order valence-electron chi connectivity index (χ3n) is 1.94. The van der Waals surface area contributed by atoms with Gasteiger partial charge in [-0.3, -0.25) is 4.79 Å². The highest BCUT2D eigenvalue weighted by atomic mass is 35.5. The first kappa shape index (κ1) is 12.3. The van der Waals surface area contributed by atoms with E-state index in [4.69, 9.17) is 27.9 Å². The molecule has 0 saturated heterocycles. The van der Waals surface area contributed by atoms with E-state index >= 15 is 0 Å². The Bertz CT molecular complexity index is 375. The highest BCUT2D eigenvalue weighted by Gasteiger charge is 2.12. The van der Waals surface area contributed by atoms with Crippen LogP contribution in [-0.4, -0.2) is 12.4 Å². The average Bonchev–Trinajstić information content (AvgIpc) is 2.22. The number of hydrogen-bond acceptors (Lipinski definition) is 2. The van der Waals surface area contributed by atoms with Crippen LogP contribution >= 0.6 is 23.2 Å². The van der Waals surface area contributed by atoms with E-state index in [9.17, 15) is 4.79 Å². The maximum absolute atomic E-state index is 11.5. The summed E-state index contributed by atoms with van der Waals surface area (Å²) in [4.78, 5) is 11.5. The van der Waals surface area contributed by atoms with E-state index in [1.54, 1.807) is 19.1 Å². The molecule has 0 N–H and O–H groups in total. The molecule has 0 amide bonds. The summed E-state index contributed by atoms with van der Waals surface area (Å²) < 4.78 is 5.26. The van der Waals surface area contributed by atoms with Gasteiger partial charge in [-0.1, -0.05) is 30.1 Å². The normalized spacial score (nSPS) is 10.1. The van der Waals surface area contributed by atoms with Crippen LogP contribution < -0.4 is 4.74 Å². The van der Waals surface area contributed by atoms with Crippen LogP contribution in [0.25, 0.3) is 0 Å². The molecule has 2 nitrogen and oxygen atoms in total. The fourth-order valence-electron chi connectivity index (χ4n) is 1.20. The SMILES string of the molecule is CCOc1cc(Cl)c(C(=O)CC)cc1Cl. The third-order valence-corrected chi connectivity index (χ3v) is 2.55. The second-order valence-electron chi connectivity index (χ2n) is 2.97. The van der Waals surface area contributed by atoms with Gasteiger partial charge in [0.25, 0.3) is 0 Å². The predicted molar refractivity (Wildman–Crippen MR) is 62.3 cm³/mol. The van der Waals surface area contributed by atoms with E-state index in [1.807, 2.05) is 6.92 Å². The number of rotatable bonds is 4. The molecule has 1 rings (SSSR count). The van der Waals surface area contributed by atoms with E-state index in [2.05, 4.69) is 0 Å². The van der Waals surface area contributed by atoms with Crippen molar-refractivity contribution in [3.05, 3.63) is 27.7 Å². The first-order chi connectivity index (χ1) is 7.10. The lowest BCUT2D eigenvalue weighted by atomic mass is 10.1. The van der Waals surface area contributed by atoms with Gasteiger partial charge < -0.3 is 4.74 Å². The number of halogens is 2. The Balaban J connectivity index is 3.13. The summed E-state index contributed by atoms with van der Waals surface area (Å²) in [5.41, 5.74) is 0.451. The zero-order valence-electron chi connectivity index (χ0n) is 8.64. The van der Waals surface area contributed by atoms with Gasteiger partial charge in [-0.15, -0.1) is 0 Å². The highest BCUT2D eigenvalue weighted by Crippen LogP contribution is 2.31. The minimum atomic E-state index is -0.0232. The smallest absolute Gasteiger partial charge is 0.164 e. The van der Waals surface area contributed by atoms with Crippen molar-refractivity contribution in [3.63, 3.8) is 0 Å². The van der Waals surface area contributed by atoms with E-state index in [0.717, 1.165) is 0 Å². The molecular weight excluding hydrogens is 235 g/mol. The van der Waals surface area contributed by atoms with E-state index in [0.29, 0.717) is 34.4 Å². The largest absolute Gasteiger partial charge is 0.492 e. The van der Waals surface area contributed by atoms with E-state index < -0.39 is 0 Å². The summed E-state index contributed by atoms with van der Waals surface area (Å²) >= 11 is 11.9. The number of hydrogen-bond donors (Lipinski definition) is 0. The molecule has 15 heavy (non-hydrogen) atoms. The van der Waals surface area contributed by atoms with Gasteiger partial charge >= 0.3 is 0 Å². The minimum Gasteiger partial charge on any atom is -0.492 e. The molecule has 1 aromatic carbocycles. The number of ether oxygens (including phenoxy) is 1. The molecule has 0 unspecified atom stereocenters. The van der Waals surface area contributed by atoms with Crippen LogP contribution in [0, 0.1) is 0 Å². The standard InChI is InChI=1S/C11H12Cl2O2/c1-3-10(14)7-5-9(13)11(15-4-2)6-8(7)12/h5-6H,3-4H2,1-2H3. The van der Waals surface area contributed by atoms with Crippen molar-refractivity contribution < 1.29 is 9.53 Å². The van der Waals surface area contributed by atoms with Gasteiger partial charge in [0.1, 0.15) is 5.75 Å². The Kier molecular flexibility index (Phi) is 4.43. The molecule has 0 aliphatic heterocycles. The fraction of sp³-hybridized carbons (Fsp3) is 0.364. The van der Waals surface area contributed by atoms with Crippen LogP contribution in [0.1, 0.15) is 30.6 Å². The third kappa shape index (κ3) is 2.86. The van der Waals surface area contributed by atoms with E-state index in [1.165, 1.54) is 0 Å². The van der Waals surface area contributed by atoms with Gasteiger partial charge in [0.2, 0.25) is 0 Å². The Morgan fingerprint density at radius 1 is 1.27 bits per heavy atom. The van der Waals surface area contributed by atoms with Crippen molar-refractivity contribution >= 4 is 29.0 Å². The number of ketones is 1. The molecule has 0 spiro atoms. The lowest BCUT2D eigenvalue weighted by molar-refractivity contribution is 0.0988. The average molecular weight is 247 g/mol. The molecular formula is C11H12Cl2O2. The topological polar surface area (TPSA) is 26.3 Å². The van der Waals surface area contributed by atoms with Gasteiger partial charge in [0, 0.05) is 18.1 Å². The number of Topliss-reactive ketones (excluding diaryl/α,β-unsaturated/α-hetero) is 1. The van der Waals surface area contributed by atoms with Crippen LogP contribution in [-0.2, 0) is 0 Å². The van der Waals surface area contributed by atoms with Gasteiger partial charge in [-0.2, -0.15) is 0 Å². The first-order valence-electron chi connectivity index (χ1n) is 4.75. The number of carbonyl (C=O) groups is 1. The summed E-state index contributed by atoms with van der Waals surface area (Å²) in [5.74, 6) is 0.488. The van der Waals surface area contributed by atoms with Crippen LogP contribution in [0.2, 0.25) is 10.0 Å². The van der Waals surface area contributed by atoms with Crippen LogP contribution in [0.15, 0.2) is 12.1 Å². The second kappa shape index (κ2) is 5.38. The minimum absolute atomic E-state index is 0.0232. The van der Waals surface area contributed by atoms with Gasteiger partial charge in [-0.05, 0) is 13.0 Å². The predicted octanol–water partition coefficient (Wildman–Crippen LogP) is 3.98. The van der Waals surface area contributed by atoms with Gasteiger partial charge in [0.05, 0.1) is 16.7 Å². The number of carbonyl (C=O) groups excluding carboxylic acids is 1. The van der Waals surface area contributed by atoms with Crippen molar-refractivity contribution in [2.45, 2.75) is 20.3 Å². The lowest BCUT2D eigenvalue weighted by Gasteiger charge is -2.08. The lowest BCUT2D eigenvalue weighted by Crippen LogP contribution is -1.99. The highest BCUT2D eigenvalue weighted by molar-refractivity contribution is 6.36. The van der Waals surface area contributed by atoms with Crippen molar-refractivity contribution in [2.24, 2.45) is 0 Å². The van der Waals surface area contributed by atoms with Crippen molar-refractivity contribution in [3.8, 4) is 5.75 Å². The van der Waals surface area contributed by atoms with Crippen LogP contribution in [0.4, 0.5) is 0 Å². The van der Waals surface area contributed by atoms with E-state index in [-0.39, 0.29) is 5.78 Å². The Labute approximate surface area is 99.1 Å². The zero-order chi connectivity index (χ0) is 11.4. The molecule has 0 bridgehead atoms. The molecule has 0 saturated carbocycles. The molecule has 4 heteroatoms. The molecule has 0 fully saturated rings. The second-order valence-corrected chi connectivity index (χ2v) is 3.79. The summed E-state index contributed by atoms with van der Waals surface area (Å²) in [6.45, 7) is 4.15. The summed E-state index contributed by atoms with van der Waals surface area (Å²) in [6.07, 6.45) is 0.407. The molecule has 0 radical (unpaired) electrons. The molecule has 82 valence electrons. The zero-order valence-corrected chi connectivity index (χ0v) is 10.2. The van der Waals surface area contributed by atoms with Crippen molar-refractivity contribution in [2.75, 3.05) is 6.61 Å². The Hall–Kier alpha value is -0.730. The summed E-state index contributed by atoms with van der Waals surface area (Å²) in [6, 6.07) is 3.14. The maximum Gasteiger partial charge on any atom is 0.164 e. The van der Waals surface area contributed by atoms with Gasteiger partial charge in [0.15, 0.2) is 5.78 Å². The van der Waals surface area contributed by atoms with Crippen LogP contribution in [0.3, 0.4) is 0 Å². The summed E-state index contributed by atoms with van der Waals surface area (Å²) in [7, 11) is 0. The van der Waals surface area contributed by atoms with Crippen molar-refractivity contribution in [1.29, 1.82) is 0 Å². The monoisotopic (exact) mass is 246 g/mol. The van der Waals surface area contributed by atoms with Gasteiger partial charge in [-0.25, -0.2) is 0 Å². The maximum atomic E-state index is 11.5. The first-order valence-corrected chi connectivity index (χ1v) is 5.50. The Morgan fingerprint density at radius 3 is 2.47 bits per heavy atom. The molecule has 0 heterocycles. The Morgan fingerprint density at radius 2 is 1.93 bits per heavy atom. The molecule has 0 atom stereocenters. The fourth-order valence-corrected chi connectivity index (χ4v) is 1.68. The summed E-state index contributed by atoms with van der Waals surface area (Å²) in [5, 5.41) is 0.799. The van der Waals surface area contributed by atoms with Crippen molar-refractivity contribution in [1.82, 2.24) is 0 Å². The molecule has 1 aromatic rings. The number of benzene rings is 1. The molecule has 0 aliphatic carbocycles. The quantitative estimate of drug-likeness (QED) is 0.752. The van der Waals surface area contributed by atoms with Crippen LogP contribution in [0.5, 0.6) is 5.75 Å². The molecule has 0 aliphatic rings.